The van der Waals surface area contributed by atoms with E-state index in [0.29, 0.717) is 40.4 Å². The Kier molecular flexibility index (Phi) is 6.93. The Hall–Kier alpha value is -3.28. The third-order valence-electron chi connectivity index (χ3n) is 5.72. The van der Waals surface area contributed by atoms with Crippen LogP contribution in [0.4, 0.5) is 17.6 Å². The second-order valence-electron chi connectivity index (χ2n) is 8.60. The minimum Gasteiger partial charge on any atom is -0.349 e. The minimum atomic E-state index is -4.91. The molecular weight excluding hydrogens is 486 g/mol. The van der Waals surface area contributed by atoms with Crippen LogP contribution in [0.1, 0.15) is 48.8 Å². The number of nitrogens with zero attached hydrogens (tertiary/aromatic N) is 3. The molecule has 2 amide bonds. The average Bonchev–Trinajstić information content (AvgIpc) is 3.45. The molecule has 0 aliphatic carbocycles. The number of carbonyl (C=O) groups excluding carboxylic acids is 2. The van der Waals surface area contributed by atoms with Crippen molar-refractivity contribution in [2.24, 2.45) is 0 Å². The summed E-state index contributed by atoms with van der Waals surface area (Å²) in [5.74, 6) is -2.78. The van der Waals surface area contributed by atoms with E-state index in [4.69, 9.17) is 0 Å². The van der Waals surface area contributed by atoms with E-state index < -0.39 is 17.9 Å². The number of carbonyl (C=O) groups is 2. The van der Waals surface area contributed by atoms with Gasteiger partial charge in [-0.25, -0.2) is 9.37 Å². The van der Waals surface area contributed by atoms with E-state index in [1.807, 2.05) is 13.8 Å². The molecule has 0 unspecified atom stereocenters. The predicted molar refractivity (Wildman–Crippen MR) is 122 cm³/mol. The highest BCUT2D eigenvalue weighted by molar-refractivity contribution is 7.13. The van der Waals surface area contributed by atoms with Crippen molar-refractivity contribution in [3.63, 3.8) is 0 Å². The lowest BCUT2D eigenvalue weighted by molar-refractivity contribution is -0.186. The zero-order valence-electron chi connectivity index (χ0n) is 18.9. The summed E-state index contributed by atoms with van der Waals surface area (Å²) in [4.78, 5) is 29.4. The van der Waals surface area contributed by atoms with Gasteiger partial charge in [0.05, 0.1) is 5.56 Å². The summed E-state index contributed by atoms with van der Waals surface area (Å²) in [5, 5.41) is 12.3. The van der Waals surface area contributed by atoms with Crippen LogP contribution >= 0.6 is 11.3 Å². The maximum Gasteiger partial charge on any atom is 0.471 e. The normalized spacial score (nSPS) is 15.0. The zero-order chi connectivity index (χ0) is 25.3. The number of aromatic nitrogens is 3. The van der Waals surface area contributed by atoms with E-state index in [-0.39, 0.29) is 36.7 Å². The van der Waals surface area contributed by atoms with Gasteiger partial charge in [-0.1, -0.05) is 0 Å². The number of thiazole rings is 1. The number of rotatable bonds is 5. The highest BCUT2D eigenvalue weighted by Gasteiger charge is 2.43. The van der Waals surface area contributed by atoms with Gasteiger partial charge >= 0.3 is 12.1 Å². The van der Waals surface area contributed by atoms with Gasteiger partial charge in [-0.15, -0.1) is 11.3 Å². The largest absolute Gasteiger partial charge is 0.471 e. The number of H-pyrrole nitrogens is 1. The number of benzene rings is 1. The van der Waals surface area contributed by atoms with Crippen molar-refractivity contribution < 1.29 is 27.2 Å². The Morgan fingerprint density at radius 3 is 2.43 bits per heavy atom. The number of hydrogen-bond acceptors (Lipinski definition) is 5. The summed E-state index contributed by atoms with van der Waals surface area (Å²) >= 11 is 1.24. The molecule has 2 N–H and O–H groups in total. The van der Waals surface area contributed by atoms with E-state index in [1.54, 1.807) is 17.5 Å². The molecule has 0 saturated carbocycles. The van der Waals surface area contributed by atoms with Gasteiger partial charge in [0.15, 0.2) is 0 Å². The molecule has 1 fully saturated rings. The molecule has 2 aromatic heterocycles. The van der Waals surface area contributed by atoms with Crippen molar-refractivity contribution in [1.29, 1.82) is 0 Å². The van der Waals surface area contributed by atoms with Gasteiger partial charge in [0.1, 0.15) is 22.2 Å². The molecule has 12 heteroatoms. The van der Waals surface area contributed by atoms with E-state index >= 15 is 0 Å². The van der Waals surface area contributed by atoms with E-state index in [2.05, 4.69) is 20.5 Å². The number of piperidine rings is 1. The van der Waals surface area contributed by atoms with Crippen molar-refractivity contribution in [3.05, 3.63) is 46.9 Å². The van der Waals surface area contributed by atoms with Crippen molar-refractivity contribution >= 4 is 23.2 Å². The maximum atomic E-state index is 13.5. The van der Waals surface area contributed by atoms with Gasteiger partial charge in [-0.3, -0.25) is 14.7 Å². The molecule has 0 spiro atoms. The fourth-order valence-electron chi connectivity index (χ4n) is 4.06. The molecule has 7 nitrogen and oxygen atoms in total. The second kappa shape index (κ2) is 9.76. The Morgan fingerprint density at radius 2 is 1.83 bits per heavy atom. The van der Waals surface area contributed by atoms with Crippen LogP contribution in [0.15, 0.2) is 29.6 Å². The number of hydrogen-bond donors (Lipinski definition) is 2. The number of likely N-dealkylation sites (tertiary alicyclic amines) is 1. The van der Waals surface area contributed by atoms with E-state index in [9.17, 15) is 27.2 Å². The molecule has 0 atom stereocenters. The highest BCUT2D eigenvalue weighted by Crippen LogP contribution is 2.41. The molecule has 1 aliphatic rings. The number of halogens is 4. The van der Waals surface area contributed by atoms with Gasteiger partial charge in [0.25, 0.3) is 5.91 Å². The topological polar surface area (TPSA) is 91.0 Å². The molecule has 0 bridgehead atoms. The molecule has 4 rings (SSSR count). The van der Waals surface area contributed by atoms with Crippen LogP contribution in [0.25, 0.3) is 21.8 Å². The second-order valence-corrected chi connectivity index (χ2v) is 9.46. The first-order valence-corrected chi connectivity index (χ1v) is 11.9. The minimum absolute atomic E-state index is 0.0483. The first-order valence-electron chi connectivity index (χ1n) is 11.0. The van der Waals surface area contributed by atoms with Crippen LogP contribution in [0, 0.1) is 5.82 Å². The number of amides is 2. The van der Waals surface area contributed by atoms with Crippen LogP contribution in [0.5, 0.6) is 0 Å². The van der Waals surface area contributed by atoms with Crippen LogP contribution in [0.2, 0.25) is 0 Å². The molecule has 35 heavy (non-hydrogen) atoms. The van der Waals surface area contributed by atoms with Gasteiger partial charge in [0.2, 0.25) is 0 Å². The zero-order valence-corrected chi connectivity index (χ0v) is 19.8. The summed E-state index contributed by atoms with van der Waals surface area (Å²) in [6.45, 7) is 3.57. The summed E-state index contributed by atoms with van der Waals surface area (Å²) in [6.07, 6.45) is -4.31. The van der Waals surface area contributed by atoms with Gasteiger partial charge in [0, 0.05) is 41.7 Å². The number of alkyl halides is 3. The van der Waals surface area contributed by atoms with Crippen LogP contribution in [-0.2, 0) is 4.79 Å². The van der Waals surface area contributed by atoms with Crippen LogP contribution < -0.4 is 5.32 Å². The quantitative estimate of drug-likeness (QED) is 0.486. The van der Waals surface area contributed by atoms with Crippen LogP contribution in [-0.4, -0.2) is 57.2 Å². The summed E-state index contributed by atoms with van der Waals surface area (Å²) in [7, 11) is 0. The SMILES string of the molecule is CC(C)NC(=O)c1csc(-c2c(-c3ccc(F)cc3)n[nH]c2C2CCN(C(=O)C(F)(F)F)CC2)n1. The van der Waals surface area contributed by atoms with Crippen LogP contribution in [0.3, 0.4) is 0 Å². The Morgan fingerprint density at radius 1 is 1.17 bits per heavy atom. The molecular formula is C23H23F4N5O2S. The molecule has 3 heterocycles. The number of aromatic amines is 1. The Bertz CT molecular complexity index is 1210. The lowest BCUT2D eigenvalue weighted by atomic mass is 9.90. The first kappa shape index (κ1) is 24.8. The third kappa shape index (κ3) is 5.37. The summed E-state index contributed by atoms with van der Waals surface area (Å²) < 4.78 is 52.0. The predicted octanol–water partition coefficient (Wildman–Crippen LogP) is 4.75. The monoisotopic (exact) mass is 509 g/mol. The third-order valence-corrected chi connectivity index (χ3v) is 6.58. The lowest BCUT2D eigenvalue weighted by Gasteiger charge is -2.32. The number of nitrogens with one attached hydrogen (secondary N) is 2. The van der Waals surface area contributed by atoms with E-state index in [0.717, 1.165) is 4.90 Å². The smallest absolute Gasteiger partial charge is 0.349 e. The molecule has 186 valence electrons. The molecule has 0 radical (unpaired) electrons. The van der Waals surface area contributed by atoms with Gasteiger partial charge < -0.3 is 10.2 Å². The maximum absolute atomic E-state index is 13.5. The first-order chi connectivity index (χ1) is 16.5. The summed E-state index contributed by atoms with van der Waals surface area (Å²) in [5.41, 5.74) is 2.64. The average molecular weight is 510 g/mol. The molecule has 1 saturated heterocycles. The van der Waals surface area contributed by atoms with E-state index in [1.165, 1.54) is 23.5 Å². The Labute approximate surface area is 202 Å². The van der Waals surface area contributed by atoms with Crippen molar-refractivity contribution in [1.82, 2.24) is 25.4 Å². The Balaban J connectivity index is 1.68. The van der Waals surface area contributed by atoms with Crippen molar-refractivity contribution in [3.8, 4) is 21.8 Å². The standard InChI is InChI=1S/C23H23F4N5O2S/c1-12(2)28-20(33)16-11-35-21(29-16)17-18(13-3-5-15(24)6-4-13)30-31-19(17)14-7-9-32(10-8-14)22(34)23(25,26)27/h3-6,11-12,14H,7-10H2,1-2H3,(H,28,33)(H,30,31). The molecule has 3 aromatic rings. The lowest BCUT2D eigenvalue weighted by Crippen LogP contribution is -2.45. The molecule has 1 aromatic carbocycles. The van der Waals surface area contributed by atoms with Crippen molar-refractivity contribution in [2.45, 2.75) is 44.8 Å². The fourth-order valence-corrected chi connectivity index (χ4v) is 4.92. The van der Waals surface area contributed by atoms with Gasteiger partial charge in [-0.2, -0.15) is 18.3 Å². The van der Waals surface area contributed by atoms with Gasteiger partial charge in [-0.05, 0) is 51.0 Å². The fraction of sp³-hybridized carbons (Fsp3) is 0.391. The molecule has 1 aliphatic heterocycles. The summed E-state index contributed by atoms with van der Waals surface area (Å²) in [6, 6.07) is 5.68. The van der Waals surface area contributed by atoms with Crippen molar-refractivity contribution in [2.75, 3.05) is 13.1 Å². The highest BCUT2D eigenvalue weighted by atomic mass is 32.1.